The second kappa shape index (κ2) is 16.6. The van der Waals surface area contributed by atoms with Crippen LogP contribution in [0.5, 0.6) is 0 Å². The monoisotopic (exact) mass is 685 g/mol. The molecule has 1 heterocycles. The Labute approximate surface area is 285 Å². The molecule has 0 saturated heterocycles. The Balaban J connectivity index is 1.25. The van der Waals surface area contributed by atoms with Crippen LogP contribution in [0.4, 0.5) is 18.0 Å². The Morgan fingerprint density at radius 1 is 1.02 bits per heavy atom. The van der Waals surface area contributed by atoms with Crippen LogP contribution in [0.3, 0.4) is 0 Å². The molecule has 11 heteroatoms. The summed E-state index contributed by atoms with van der Waals surface area (Å²) < 4.78 is 46.1. The molecule has 1 aliphatic heterocycles. The molecule has 7 nitrogen and oxygen atoms in total. The van der Waals surface area contributed by atoms with Crippen molar-refractivity contribution >= 4 is 41.3 Å². The van der Waals surface area contributed by atoms with E-state index in [1.165, 1.54) is 29.5 Å². The Morgan fingerprint density at radius 2 is 1.79 bits per heavy atom. The molecule has 0 fully saturated rings. The third-order valence-corrected chi connectivity index (χ3v) is 9.62. The number of primary amides is 1. The standard InChI is InChI=1S/C37H46F3N3O4S/c1-36(2,3)47-35(46)43-30(23-33(41)44)34(45)42-20-8-12-25-10-6-9-24(16-17-25)11-7-14-26-21-27-13-4-5-15-31(27)48-32-19-18-28(22-29(26)32)37(38,39)40/h4-5,10,13,15,18-19,21-22,24,30H,6-9,11-12,14,16-17,20,23H2,1-3H3,(H2,41,44)(H,42,45)(H,43,46)/t24?,30-/m0/s1. The number of benzene rings is 2. The molecular weight excluding hydrogens is 639 g/mol. The molecule has 48 heavy (non-hydrogen) atoms. The number of amides is 3. The quantitative estimate of drug-likeness (QED) is 0.153. The molecule has 4 N–H and O–H groups in total. The van der Waals surface area contributed by atoms with E-state index in [4.69, 9.17) is 10.5 Å². The van der Waals surface area contributed by atoms with Crippen LogP contribution in [-0.4, -0.2) is 36.1 Å². The predicted octanol–water partition coefficient (Wildman–Crippen LogP) is 8.66. The topological polar surface area (TPSA) is 111 Å². The van der Waals surface area contributed by atoms with Gasteiger partial charge in [-0.25, -0.2) is 4.79 Å². The second-order valence-electron chi connectivity index (χ2n) is 13.5. The SMILES string of the molecule is CC(C)(C)OC(=O)N[C@@H](CC(N)=O)C(=O)NCCCC1=CCCC(CCCC2=Cc3ccccc3Sc3ccc(C(F)(F)F)cc32)CC1. The molecule has 0 saturated carbocycles. The predicted molar refractivity (Wildman–Crippen MR) is 183 cm³/mol. The molecule has 2 atom stereocenters. The number of carbonyl (C=O) groups excluding carboxylic acids is 3. The Hall–Kier alpha value is -3.73. The Kier molecular flexibility index (Phi) is 12.8. The minimum atomic E-state index is -4.40. The van der Waals surface area contributed by atoms with Gasteiger partial charge >= 0.3 is 12.3 Å². The summed E-state index contributed by atoms with van der Waals surface area (Å²) in [5.41, 5.74) is 7.91. The summed E-state index contributed by atoms with van der Waals surface area (Å²) in [6.45, 7) is 5.49. The number of hydrogen-bond donors (Lipinski definition) is 3. The summed E-state index contributed by atoms with van der Waals surface area (Å²) in [5, 5.41) is 5.23. The molecule has 0 aromatic heterocycles. The van der Waals surface area contributed by atoms with Crippen LogP contribution in [0, 0.1) is 5.92 Å². The lowest BCUT2D eigenvalue weighted by Gasteiger charge is -2.22. The van der Waals surface area contributed by atoms with Gasteiger partial charge in [0.2, 0.25) is 11.8 Å². The molecule has 0 bridgehead atoms. The number of halogens is 3. The molecule has 2 aromatic rings. The van der Waals surface area contributed by atoms with E-state index in [2.05, 4.69) is 22.8 Å². The van der Waals surface area contributed by atoms with Crippen LogP contribution in [0.2, 0.25) is 0 Å². The van der Waals surface area contributed by atoms with Gasteiger partial charge in [-0.1, -0.05) is 48.0 Å². The zero-order chi connectivity index (χ0) is 34.9. The highest BCUT2D eigenvalue weighted by Crippen LogP contribution is 2.44. The summed E-state index contributed by atoms with van der Waals surface area (Å²) >= 11 is 1.52. The highest BCUT2D eigenvalue weighted by Gasteiger charge is 2.32. The molecule has 1 unspecified atom stereocenters. The Bertz CT molecular complexity index is 1530. The van der Waals surface area contributed by atoms with Crippen LogP contribution >= 0.6 is 11.8 Å². The van der Waals surface area contributed by atoms with E-state index >= 15 is 0 Å². The van der Waals surface area contributed by atoms with E-state index in [1.807, 2.05) is 24.3 Å². The zero-order valence-electron chi connectivity index (χ0n) is 27.9. The van der Waals surface area contributed by atoms with E-state index in [-0.39, 0.29) is 6.42 Å². The molecule has 3 amide bonds. The maximum atomic E-state index is 13.6. The summed E-state index contributed by atoms with van der Waals surface area (Å²) in [5.74, 6) is -0.668. The zero-order valence-corrected chi connectivity index (χ0v) is 28.7. The fourth-order valence-electron chi connectivity index (χ4n) is 6.10. The first kappa shape index (κ1) is 37.1. The van der Waals surface area contributed by atoms with Gasteiger partial charge in [-0.2, -0.15) is 13.2 Å². The van der Waals surface area contributed by atoms with E-state index in [0.717, 1.165) is 65.9 Å². The van der Waals surface area contributed by atoms with Crippen molar-refractivity contribution in [3.8, 4) is 0 Å². The smallest absolute Gasteiger partial charge is 0.416 e. The number of alkyl carbamates (subject to hydrolysis) is 1. The minimum absolute atomic E-state index is 0.331. The van der Waals surface area contributed by atoms with Crippen LogP contribution in [0.25, 0.3) is 11.6 Å². The van der Waals surface area contributed by atoms with Crippen molar-refractivity contribution in [3.63, 3.8) is 0 Å². The number of allylic oxidation sites excluding steroid dienone is 3. The highest BCUT2D eigenvalue weighted by molar-refractivity contribution is 7.99. The first-order valence-corrected chi connectivity index (χ1v) is 17.4. The summed E-state index contributed by atoms with van der Waals surface area (Å²) in [4.78, 5) is 38.2. The number of alkyl halides is 3. The number of nitrogens with one attached hydrogen (secondary N) is 2. The van der Waals surface area contributed by atoms with Gasteiger partial charge in [-0.05, 0) is 125 Å². The number of nitrogens with two attached hydrogens (primary N) is 1. The van der Waals surface area contributed by atoms with Crippen molar-refractivity contribution in [2.24, 2.45) is 11.7 Å². The lowest BCUT2D eigenvalue weighted by Crippen LogP contribution is -2.50. The largest absolute Gasteiger partial charge is 0.444 e. The third-order valence-electron chi connectivity index (χ3n) is 8.45. The van der Waals surface area contributed by atoms with E-state index in [1.54, 1.807) is 26.8 Å². The van der Waals surface area contributed by atoms with Gasteiger partial charge < -0.3 is 21.1 Å². The van der Waals surface area contributed by atoms with Gasteiger partial charge in [0, 0.05) is 16.3 Å². The van der Waals surface area contributed by atoms with Crippen molar-refractivity contribution in [2.45, 2.75) is 113 Å². The molecule has 2 aliphatic rings. The fraction of sp³-hybridized carbons (Fsp3) is 0.486. The highest BCUT2D eigenvalue weighted by atomic mass is 32.2. The van der Waals surface area contributed by atoms with Gasteiger partial charge in [0.25, 0.3) is 0 Å². The average molecular weight is 686 g/mol. The van der Waals surface area contributed by atoms with Gasteiger partial charge in [-0.15, -0.1) is 0 Å². The molecule has 260 valence electrons. The second-order valence-corrected chi connectivity index (χ2v) is 14.6. The molecule has 0 spiro atoms. The number of hydrogen-bond acceptors (Lipinski definition) is 5. The summed E-state index contributed by atoms with van der Waals surface area (Å²) in [6, 6.07) is 10.9. The van der Waals surface area contributed by atoms with Crippen molar-refractivity contribution in [3.05, 3.63) is 70.8 Å². The average Bonchev–Trinajstić information content (AvgIpc) is 3.31. The number of carbonyl (C=O) groups is 3. The summed E-state index contributed by atoms with van der Waals surface area (Å²) in [6.07, 6.45) is 7.02. The lowest BCUT2D eigenvalue weighted by atomic mass is 9.90. The molecule has 4 rings (SSSR count). The van der Waals surface area contributed by atoms with Crippen molar-refractivity contribution < 1.29 is 32.3 Å². The normalized spacial score (nSPS) is 17.0. The Morgan fingerprint density at radius 3 is 2.52 bits per heavy atom. The number of fused-ring (bicyclic) bond motifs is 2. The molecular formula is C37H46F3N3O4S. The lowest BCUT2D eigenvalue weighted by molar-refractivity contribution is -0.137. The van der Waals surface area contributed by atoms with E-state index in [0.29, 0.717) is 30.9 Å². The van der Waals surface area contributed by atoms with Gasteiger partial charge in [0.15, 0.2) is 0 Å². The third kappa shape index (κ3) is 11.5. The maximum Gasteiger partial charge on any atom is 0.416 e. The maximum absolute atomic E-state index is 13.6. The number of ether oxygens (including phenoxy) is 1. The van der Waals surface area contributed by atoms with Crippen molar-refractivity contribution in [1.29, 1.82) is 0 Å². The fourth-order valence-corrected chi connectivity index (χ4v) is 7.16. The van der Waals surface area contributed by atoms with E-state index in [9.17, 15) is 27.6 Å². The van der Waals surface area contributed by atoms with Crippen LogP contribution < -0.4 is 16.4 Å². The number of rotatable bonds is 12. The first-order chi connectivity index (χ1) is 22.7. The van der Waals surface area contributed by atoms with Gasteiger partial charge in [-0.3, -0.25) is 9.59 Å². The van der Waals surface area contributed by atoms with Gasteiger partial charge in [0.05, 0.1) is 12.0 Å². The van der Waals surface area contributed by atoms with Crippen LogP contribution in [0.15, 0.2) is 63.9 Å². The van der Waals surface area contributed by atoms with Crippen LogP contribution in [0.1, 0.15) is 102 Å². The van der Waals surface area contributed by atoms with Crippen molar-refractivity contribution in [1.82, 2.24) is 10.6 Å². The minimum Gasteiger partial charge on any atom is -0.444 e. The van der Waals surface area contributed by atoms with Crippen molar-refractivity contribution in [2.75, 3.05) is 6.54 Å². The van der Waals surface area contributed by atoms with Crippen LogP contribution in [-0.2, 0) is 20.5 Å². The van der Waals surface area contributed by atoms with E-state index < -0.39 is 41.3 Å². The van der Waals surface area contributed by atoms with Gasteiger partial charge in [0.1, 0.15) is 11.6 Å². The summed E-state index contributed by atoms with van der Waals surface area (Å²) in [7, 11) is 0. The first-order valence-electron chi connectivity index (χ1n) is 16.6. The molecule has 1 aliphatic carbocycles. The molecule has 2 aromatic carbocycles. The molecule has 0 radical (unpaired) electrons.